The summed E-state index contributed by atoms with van der Waals surface area (Å²) in [5.41, 5.74) is 0. The highest BCUT2D eigenvalue weighted by Crippen LogP contribution is 2.23. The third-order valence-corrected chi connectivity index (χ3v) is 5.34. The van der Waals surface area contributed by atoms with E-state index in [1.807, 2.05) is 0 Å². The van der Waals surface area contributed by atoms with Gasteiger partial charge in [-0.25, -0.2) is 4.99 Å². The Bertz CT molecular complexity index is 433. The van der Waals surface area contributed by atoms with Gasteiger partial charge in [-0.3, -0.25) is 4.79 Å². The molecule has 6 heteroatoms. The fraction of sp³-hybridized carbons (Fsp3) is 0.895. The van der Waals surface area contributed by atoms with E-state index in [9.17, 15) is 4.79 Å². The van der Waals surface area contributed by atoms with E-state index < -0.39 is 0 Å². The molecule has 0 aromatic rings. The lowest BCUT2D eigenvalue weighted by atomic mass is 9.86. The van der Waals surface area contributed by atoms with Crippen molar-refractivity contribution >= 4 is 11.9 Å². The molecular weight excluding hydrogens is 316 g/mol. The van der Waals surface area contributed by atoms with Gasteiger partial charge in [-0.15, -0.1) is 0 Å². The number of rotatable bonds is 6. The first-order valence-corrected chi connectivity index (χ1v) is 9.93. The molecule has 1 saturated heterocycles. The lowest BCUT2D eigenvalue weighted by Gasteiger charge is -2.31. The molecule has 3 atom stereocenters. The number of amides is 1. The van der Waals surface area contributed by atoms with Gasteiger partial charge in [0.1, 0.15) is 6.54 Å². The molecule has 25 heavy (non-hydrogen) atoms. The highest BCUT2D eigenvalue weighted by molar-refractivity contribution is 5.84. The minimum absolute atomic E-state index is 0.0217. The molecule has 0 bridgehead atoms. The Kier molecular flexibility index (Phi) is 8.52. The number of carbonyl (C=O) groups excluding carboxylic acids is 1. The van der Waals surface area contributed by atoms with Gasteiger partial charge in [-0.05, 0) is 44.4 Å². The Morgan fingerprint density at radius 3 is 2.60 bits per heavy atom. The second-order valence-corrected chi connectivity index (χ2v) is 7.67. The number of likely N-dealkylation sites (N-methyl/N-ethyl adjacent to an activating group) is 1. The van der Waals surface area contributed by atoms with Gasteiger partial charge >= 0.3 is 0 Å². The van der Waals surface area contributed by atoms with Gasteiger partial charge in [0.15, 0.2) is 5.96 Å². The molecule has 2 rings (SSSR count). The zero-order chi connectivity index (χ0) is 18.1. The van der Waals surface area contributed by atoms with E-state index in [0.717, 1.165) is 32.0 Å². The second-order valence-electron chi connectivity index (χ2n) is 7.67. The summed E-state index contributed by atoms with van der Waals surface area (Å²) in [5.74, 6) is 1.44. The topological polar surface area (TPSA) is 66.0 Å². The van der Waals surface area contributed by atoms with E-state index in [1.54, 1.807) is 19.0 Å². The maximum absolute atomic E-state index is 11.9. The van der Waals surface area contributed by atoms with E-state index in [2.05, 4.69) is 22.5 Å². The number of aliphatic imine (C=N–C) groups is 1. The number of hydrogen-bond acceptors (Lipinski definition) is 3. The van der Waals surface area contributed by atoms with Crippen LogP contribution in [0.25, 0.3) is 0 Å². The summed E-state index contributed by atoms with van der Waals surface area (Å²) in [7, 11) is 3.53. The Morgan fingerprint density at radius 2 is 1.92 bits per heavy atom. The van der Waals surface area contributed by atoms with Crippen molar-refractivity contribution in [2.24, 2.45) is 10.9 Å². The molecular formula is C19H36N4O2. The SMILES string of the molecule is CC1CCCCC1NC(=NCC(=O)N(C)C)NCCC1CCCCO1. The van der Waals surface area contributed by atoms with Crippen LogP contribution in [0, 0.1) is 5.92 Å². The first kappa shape index (κ1) is 20.0. The number of hydrogen-bond donors (Lipinski definition) is 2. The van der Waals surface area contributed by atoms with Crippen molar-refractivity contribution in [1.29, 1.82) is 0 Å². The zero-order valence-electron chi connectivity index (χ0n) is 16.2. The average molecular weight is 353 g/mol. The smallest absolute Gasteiger partial charge is 0.243 e. The third-order valence-electron chi connectivity index (χ3n) is 5.34. The summed E-state index contributed by atoms with van der Waals surface area (Å²) in [6.45, 7) is 4.20. The largest absolute Gasteiger partial charge is 0.378 e. The number of nitrogens with one attached hydrogen (secondary N) is 2. The van der Waals surface area contributed by atoms with Gasteiger partial charge in [0, 0.05) is 33.3 Å². The van der Waals surface area contributed by atoms with E-state index in [4.69, 9.17) is 4.74 Å². The number of carbonyl (C=O) groups is 1. The van der Waals surface area contributed by atoms with E-state index >= 15 is 0 Å². The molecule has 2 aliphatic rings. The van der Waals surface area contributed by atoms with Crippen LogP contribution in [0.4, 0.5) is 0 Å². The van der Waals surface area contributed by atoms with Gasteiger partial charge in [-0.1, -0.05) is 19.8 Å². The van der Waals surface area contributed by atoms with Crippen LogP contribution in [0.2, 0.25) is 0 Å². The fourth-order valence-corrected chi connectivity index (χ4v) is 3.53. The maximum Gasteiger partial charge on any atom is 0.243 e. The first-order valence-electron chi connectivity index (χ1n) is 9.93. The van der Waals surface area contributed by atoms with Crippen molar-refractivity contribution in [3.63, 3.8) is 0 Å². The number of nitrogens with zero attached hydrogens (tertiary/aromatic N) is 2. The minimum Gasteiger partial charge on any atom is -0.378 e. The fourth-order valence-electron chi connectivity index (χ4n) is 3.53. The summed E-state index contributed by atoms with van der Waals surface area (Å²) in [6, 6.07) is 0.445. The summed E-state index contributed by atoms with van der Waals surface area (Å²) >= 11 is 0. The lowest BCUT2D eigenvalue weighted by molar-refractivity contribution is -0.127. The first-order chi connectivity index (χ1) is 12.1. The maximum atomic E-state index is 11.9. The average Bonchev–Trinajstić information content (AvgIpc) is 2.61. The van der Waals surface area contributed by atoms with Gasteiger partial charge in [-0.2, -0.15) is 0 Å². The second kappa shape index (κ2) is 10.6. The highest BCUT2D eigenvalue weighted by Gasteiger charge is 2.22. The van der Waals surface area contributed by atoms with Gasteiger partial charge in [0.2, 0.25) is 5.91 Å². The van der Waals surface area contributed by atoms with Crippen molar-refractivity contribution in [3.05, 3.63) is 0 Å². The number of guanidine groups is 1. The molecule has 2 fully saturated rings. The molecule has 3 unspecified atom stereocenters. The predicted molar refractivity (Wildman–Crippen MR) is 102 cm³/mol. The quantitative estimate of drug-likeness (QED) is 0.568. The zero-order valence-corrected chi connectivity index (χ0v) is 16.2. The summed E-state index contributed by atoms with van der Waals surface area (Å²) in [4.78, 5) is 18.0. The van der Waals surface area contributed by atoms with Crippen molar-refractivity contribution in [2.45, 2.75) is 70.4 Å². The summed E-state index contributed by atoms with van der Waals surface area (Å²) in [6.07, 6.45) is 9.97. The van der Waals surface area contributed by atoms with Gasteiger partial charge in [0.25, 0.3) is 0 Å². The highest BCUT2D eigenvalue weighted by atomic mass is 16.5. The Morgan fingerprint density at radius 1 is 1.16 bits per heavy atom. The molecule has 0 aromatic heterocycles. The monoisotopic (exact) mass is 352 g/mol. The molecule has 0 aromatic carbocycles. The molecule has 1 aliphatic carbocycles. The van der Waals surface area contributed by atoms with Gasteiger partial charge < -0.3 is 20.3 Å². The van der Waals surface area contributed by atoms with Crippen molar-refractivity contribution in [2.75, 3.05) is 33.8 Å². The molecule has 0 spiro atoms. The Balaban J connectivity index is 1.85. The minimum atomic E-state index is 0.0217. The van der Waals surface area contributed by atoms with E-state index in [-0.39, 0.29) is 12.5 Å². The molecule has 1 amide bonds. The lowest BCUT2D eigenvalue weighted by Crippen LogP contribution is -2.48. The molecule has 2 N–H and O–H groups in total. The van der Waals surface area contributed by atoms with Crippen LogP contribution in [-0.4, -0.2) is 62.7 Å². The van der Waals surface area contributed by atoms with E-state index in [1.165, 1.54) is 38.5 Å². The molecule has 1 aliphatic heterocycles. The van der Waals surface area contributed by atoms with Crippen molar-refractivity contribution in [3.8, 4) is 0 Å². The standard InChI is InChI=1S/C19H36N4O2/c1-15-8-4-5-10-17(15)22-19(21-14-18(24)23(2)3)20-12-11-16-9-6-7-13-25-16/h15-17H,4-14H2,1-3H3,(H2,20,21,22). The van der Waals surface area contributed by atoms with Crippen LogP contribution in [0.3, 0.4) is 0 Å². The van der Waals surface area contributed by atoms with Crippen LogP contribution < -0.4 is 10.6 Å². The summed E-state index contributed by atoms with van der Waals surface area (Å²) < 4.78 is 5.80. The third kappa shape index (κ3) is 7.22. The van der Waals surface area contributed by atoms with Crippen LogP contribution >= 0.6 is 0 Å². The van der Waals surface area contributed by atoms with Crippen molar-refractivity contribution in [1.82, 2.24) is 15.5 Å². The Labute approximate surface area is 152 Å². The molecule has 6 nitrogen and oxygen atoms in total. The number of ether oxygens (including phenoxy) is 1. The van der Waals surface area contributed by atoms with Crippen LogP contribution in [-0.2, 0) is 9.53 Å². The Hall–Kier alpha value is -1.30. The van der Waals surface area contributed by atoms with E-state index in [0.29, 0.717) is 18.1 Å². The molecule has 0 radical (unpaired) electrons. The molecule has 1 heterocycles. The van der Waals surface area contributed by atoms with Crippen LogP contribution in [0.15, 0.2) is 4.99 Å². The predicted octanol–water partition coefficient (Wildman–Crippen LogP) is 2.15. The van der Waals surface area contributed by atoms with Crippen LogP contribution in [0.1, 0.15) is 58.3 Å². The van der Waals surface area contributed by atoms with Crippen LogP contribution in [0.5, 0.6) is 0 Å². The van der Waals surface area contributed by atoms with Gasteiger partial charge in [0.05, 0.1) is 6.10 Å². The van der Waals surface area contributed by atoms with Crippen molar-refractivity contribution < 1.29 is 9.53 Å². The normalized spacial score (nSPS) is 27.6. The molecule has 144 valence electrons. The molecule has 1 saturated carbocycles. The summed E-state index contributed by atoms with van der Waals surface area (Å²) in [5, 5.41) is 6.98.